The summed E-state index contributed by atoms with van der Waals surface area (Å²) in [6, 6.07) is 7.12. The van der Waals surface area contributed by atoms with E-state index in [1.54, 1.807) is 24.3 Å². The Kier molecular flexibility index (Phi) is 6.45. The third-order valence-corrected chi connectivity index (χ3v) is 2.74. The predicted octanol–water partition coefficient (Wildman–Crippen LogP) is 3.71. The third kappa shape index (κ3) is 5.66. The number of hydrogen-bond donors (Lipinski definition) is 0. The SMILES string of the molecule is C#[N+]C(=O)CCCCC(=O)c1ccc(OC(C)C)cc1. The summed E-state index contributed by atoms with van der Waals surface area (Å²) in [4.78, 5) is 25.8. The van der Waals surface area contributed by atoms with Crippen LogP contribution in [0.1, 0.15) is 49.9 Å². The molecule has 0 aliphatic heterocycles. The molecule has 0 saturated carbocycles. The minimum absolute atomic E-state index is 0.0678. The molecular weight excluding hydrogens is 254 g/mol. The lowest BCUT2D eigenvalue weighted by atomic mass is 10.0. The van der Waals surface area contributed by atoms with Crippen molar-refractivity contribution in [1.29, 1.82) is 0 Å². The first-order valence-corrected chi connectivity index (χ1v) is 6.76. The summed E-state index contributed by atoms with van der Waals surface area (Å²) in [6.07, 6.45) is 2.11. The molecule has 0 aromatic heterocycles. The van der Waals surface area contributed by atoms with Gasteiger partial charge in [0.05, 0.1) is 12.5 Å². The maximum Gasteiger partial charge on any atom is 0.514 e. The Labute approximate surface area is 119 Å². The molecule has 0 aliphatic rings. The van der Waals surface area contributed by atoms with E-state index in [9.17, 15) is 9.59 Å². The number of carbonyl (C=O) groups excluding carboxylic acids is 2. The quantitative estimate of drug-likeness (QED) is 0.536. The van der Waals surface area contributed by atoms with Crippen molar-refractivity contribution in [1.82, 2.24) is 0 Å². The van der Waals surface area contributed by atoms with Gasteiger partial charge >= 0.3 is 5.91 Å². The molecule has 0 spiro atoms. The second-order valence-corrected chi connectivity index (χ2v) is 4.84. The topological polar surface area (TPSA) is 47.7 Å². The highest BCUT2D eigenvalue weighted by Gasteiger charge is 2.11. The molecule has 0 bridgehead atoms. The van der Waals surface area contributed by atoms with Crippen LogP contribution in [0, 0.1) is 6.57 Å². The van der Waals surface area contributed by atoms with Gasteiger partial charge in [-0.05, 0) is 51.0 Å². The Hall–Kier alpha value is -2.15. The number of Topliss-reactive ketones (excluding diaryl/α,β-unsaturated/α-hetero) is 1. The van der Waals surface area contributed by atoms with Crippen LogP contribution in [-0.4, -0.2) is 17.8 Å². The van der Waals surface area contributed by atoms with Crippen LogP contribution in [0.4, 0.5) is 0 Å². The molecule has 20 heavy (non-hydrogen) atoms. The molecule has 0 atom stereocenters. The summed E-state index contributed by atoms with van der Waals surface area (Å²) >= 11 is 0. The molecule has 1 amide bonds. The molecule has 0 unspecified atom stereocenters. The molecule has 0 saturated heterocycles. The zero-order chi connectivity index (χ0) is 15.0. The molecule has 0 aliphatic carbocycles. The van der Waals surface area contributed by atoms with E-state index in [0.29, 0.717) is 31.2 Å². The molecule has 0 N–H and O–H groups in total. The number of rotatable bonds is 8. The van der Waals surface area contributed by atoms with Crippen LogP contribution in [0.5, 0.6) is 5.75 Å². The van der Waals surface area contributed by atoms with Crippen molar-refractivity contribution in [2.45, 2.75) is 45.6 Å². The van der Waals surface area contributed by atoms with Gasteiger partial charge in [0, 0.05) is 16.8 Å². The fourth-order valence-corrected chi connectivity index (χ4v) is 1.76. The maximum atomic E-state index is 11.9. The van der Waals surface area contributed by atoms with Gasteiger partial charge < -0.3 is 4.74 Å². The molecular formula is C16H20NO3+. The first-order chi connectivity index (χ1) is 9.52. The van der Waals surface area contributed by atoms with Crippen LogP contribution < -0.4 is 4.74 Å². The van der Waals surface area contributed by atoms with Gasteiger partial charge in [-0.15, -0.1) is 0 Å². The average molecular weight is 274 g/mol. The van der Waals surface area contributed by atoms with Gasteiger partial charge in [-0.2, -0.15) is 0 Å². The van der Waals surface area contributed by atoms with Gasteiger partial charge in [0.25, 0.3) is 6.57 Å². The van der Waals surface area contributed by atoms with Crippen LogP contribution in [0.15, 0.2) is 24.3 Å². The fraction of sp³-hybridized carbons (Fsp3) is 0.438. The summed E-state index contributed by atoms with van der Waals surface area (Å²) in [5.41, 5.74) is 0.663. The van der Waals surface area contributed by atoms with Crippen molar-refractivity contribution >= 4 is 11.7 Å². The van der Waals surface area contributed by atoms with Crippen molar-refractivity contribution in [3.63, 3.8) is 0 Å². The number of benzene rings is 1. The molecule has 0 radical (unpaired) electrons. The smallest absolute Gasteiger partial charge is 0.491 e. The highest BCUT2D eigenvalue weighted by Crippen LogP contribution is 2.16. The lowest BCUT2D eigenvalue weighted by Gasteiger charge is -2.09. The first-order valence-electron chi connectivity index (χ1n) is 6.76. The normalized spacial score (nSPS) is 10.1. The van der Waals surface area contributed by atoms with Crippen LogP contribution in [0.2, 0.25) is 0 Å². The van der Waals surface area contributed by atoms with E-state index in [2.05, 4.69) is 4.85 Å². The summed E-state index contributed by atoms with van der Waals surface area (Å²) in [6.45, 7) is 8.76. The highest BCUT2D eigenvalue weighted by molar-refractivity contribution is 5.96. The van der Waals surface area contributed by atoms with Gasteiger partial charge in [0.2, 0.25) is 0 Å². The number of unbranched alkanes of at least 4 members (excludes halogenated alkanes) is 1. The number of ketones is 1. The zero-order valence-corrected chi connectivity index (χ0v) is 12.0. The summed E-state index contributed by atoms with van der Waals surface area (Å²) in [7, 11) is 0. The summed E-state index contributed by atoms with van der Waals surface area (Å²) in [5.74, 6) is 0.498. The van der Waals surface area contributed by atoms with Gasteiger partial charge in [0.15, 0.2) is 5.78 Å². The minimum atomic E-state index is -0.326. The predicted molar refractivity (Wildman–Crippen MR) is 78.3 cm³/mol. The summed E-state index contributed by atoms with van der Waals surface area (Å²) in [5, 5.41) is 0. The standard InChI is InChI=1S/C16H20NO3/c1-12(2)20-14-10-8-13(9-11-14)15(18)6-4-5-7-16(19)17-3/h3,8-12H,4-7H2,1-2H3/q+1. The van der Waals surface area contributed by atoms with Gasteiger partial charge in [-0.1, -0.05) is 0 Å². The number of carbonyl (C=O) groups is 2. The molecule has 106 valence electrons. The van der Waals surface area contributed by atoms with E-state index in [1.807, 2.05) is 13.8 Å². The Balaban J connectivity index is 2.40. The third-order valence-electron chi connectivity index (χ3n) is 2.74. The van der Waals surface area contributed by atoms with Crippen LogP contribution in [0.3, 0.4) is 0 Å². The van der Waals surface area contributed by atoms with Crippen LogP contribution >= 0.6 is 0 Å². The summed E-state index contributed by atoms with van der Waals surface area (Å²) < 4.78 is 5.52. The molecule has 1 rings (SSSR count). The average Bonchev–Trinajstić information content (AvgIpc) is 2.43. The van der Waals surface area contributed by atoms with Crippen LogP contribution in [0.25, 0.3) is 4.85 Å². The largest absolute Gasteiger partial charge is 0.514 e. The van der Waals surface area contributed by atoms with Crippen LogP contribution in [-0.2, 0) is 4.79 Å². The Morgan fingerprint density at radius 2 is 1.75 bits per heavy atom. The fourth-order valence-electron chi connectivity index (χ4n) is 1.76. The Morgan fingerprint density at radius 1 is 1.15 bits per heavy atom. The highest BCUT2D eigenvalue weighted by atomic mass is 16.5. The second kappa shape index (κ2) is 8.11. The number of hydrogen-bond acceptors (Lipinski definition) is 3. The zero-order valence-electron chi connectivity index (χ0n) is 12.0. The monoisotopic (exact) mass is 274 g/mol. The molecule has 1 aromatic rings. The van der Waals surface area contributed by atoms with Crippen molar-refractivity contribution in [3.8, 4) is 12.3 Å². The molecule has 4 nitrogen and oxygen atoms in total. The number of nitrogens with zero attached hydrogens (tertiary/aromatic N) is 1. The van der Waals surface area contributed by atoms with E-state index in [0.717, 1.165) is 5.75 Å². The molecule has 0 fully saturated rings. The maximum absolute atomic E-state index is 11.9. The van der Waals surface area contributed by atoms with Gasteiger partial charge in [0.1, 0.15) is 5.75 Å². The van der Waals surface area contributed by atoms with E-state index < -0.39 is 0 Å². The Bertz CT molecular complexity index is 497. The van der Waals surface area contributed by atoms with Crippen molar-refractivity contribution < 1.29 is 14.3 Å². The number of amides is 1. The minimum Gasteiger partial charge on any atom is -0.491 e. The number of ether oxygens (including phenoxy) is 1. The lowest BCUT2D eigenvalue weighted by molar-refractivity contribution is -0.114. The molecule has 1 aromatic carbocycles. The van der Waals surface area contributed by atoms with E-state index in [4.69, 9.17) is 11.3 Å². The van der Waals surface area contributed by atoms with Crippen molar-refractivity contribution in [2.24, 2.45) is 0 Å². The van der Waals surface area contributed by atoms with Crippen molar-refractivity contribution in [3.05, 3.63) is 34.7 Å². The second-order valence-electron chi connectivity index (χ2n) is 4.84. The van der Waals surface area contributed by atoms with Gasteiger partial charge in [-0.25, -0.2) is 4.79 Å². The first kappa shape index (κ1) is 15.9. The van der Waals surface area contributed by atoms with Gasteiger partial charge in [-0.3, -0.25) is 4.79 Å². The lowest BCUT2D eigenvalue weighted by Crippen LogP contribution is -2.06. The Morgan fingerprint density at radius 3 is 2.30 bits per heavy atom. The molecule has 4 heteroatoms. The van der Waals surface area contributed by atoms with E-state index in [1.165, 1.54) is 0 Å². The molecule has 0 heterocycles. The van der Waals surface area contributed by atoms with E-state index in [-0.39, 0.29) is 17.8 Å². The van der Waals surface area contributed by atoms with Crippen molar-refractivity contribution in [2.75, 3.05) is 0 Å². The van der Waals surface area contributed by atoms with E-state index >= 15 is 0 Å².